The van der Waals surface area contributed by atoms with E-state index in [-0.39, 0.29) is 23.3 Å². The number of methoxy groups -OCH3 is 2. The Hall–Kier alpha value is -2.78. The first-order chi connectivity index (χ1) is 13.9. The monoisotopic (exact) mass is 419 g/mol. The van der Waals surface area contributed by atoms with Crippen molar-refractivity contribution in [1.29, 1.82) is 0 Å². The molecule has 0 atom stereocenters. The summed E-state index contributed by atoms with van der Waals surface area (Å²) in [6.45, 7) is 0. The van der Waals surface area contributed by atoms with Crippen molar-refractivity contribution in [3.8, 4) is 11.5 Å². The van der Waals surface area contributed by atoms with Crippen LogP contribution in [0.2, 0.25) is 0 Å². The number of nitrogens with one attached hydrogen (secondary N) is 3. The second kappa shape index (κ2) is 9.15. The Balaban J connectivity index is 1.50. The molecule has 1 saturated carbocycles. The predicted octanol–water partition coefficient (Wildman–Crippen LogP) is 2.22. The Bertz CT molecular complexity index is 957. The highest BCUT2D eigenvalue weighted by atomic mass is 32.2. The van der Waals surface area contributed by atoms with Gasteiger partial charge in [-0.25, -0.2) is 13.1 Å². The van der Waals surface area contributed by atoms with Crippen LogP contribution in [0.4, 0.5) is 5.69 Å². The third-order valence-electron chi connectivity index (χ3n) is 4.52. The zero-order valence-electron chi connectivity index (χ0n) is 16.4. The zero-order valence-corrected chi connectivity index (χ0v) is 17.2. The van der Waals surface area contributed by atoms with E-state index < -0.39 is 10.0 Å². The lowest BCUT2D eigenvalue weighted by molar-refractivity contribution is -0.120. The van der Waals surface area contributed by atoms with Gasteiger partial charge in [-0.15, -0.1) is 0 Å². The summed E-state index contributed by atoms with van der Waals surface area (Å²) >= 11 is 0. The lowest BCUT2D eigenvalue weighted by Crippen LogP contribution is -2.29. The first kappa shape index (κ1) is 20.9. The Morgan fingerprint density at radius 1 is 1.07 bits per heavy atom. The topological polar surface area (TPSA) is 106 Å². The van der Waals surface area contributed by atoms with Crippen molar-refractivity contribution >= 4 is 21.6 Å². The van der Waals surface area contributed by atoms with Crippen LogP contribution in [0, 0.1) is 0 Å². The second-order valence-electron chi connectivity index (χ2n) is 6.77. The van der Waals surface area contributed by atoms with Gasteiger partial charge in [0.2, 0.25) is 15.9 Å². The van der Waals surface area contributed by atoms with Crippen molar-refractivity contribution < 1.29 is 22.7 Å². The molecule has 3 rings (SSSR count). The molecule has 0 heterocycles. The number of aryl methyl sites for hydroxylation is 1. The molecule has 0 saturated heterocycles. The fourth-order valence-electron chi connectivity index (χ4n) is 2.74. The predicted molar refractivity (Wildman–Crippen MR) is 109 cm³/mol. The minimum atomic E-state index is -3.48. The van der Waals surface area contributed by atoms with E-state index in [0.717, 1.165) is 18.4 Å². The molecule has 2 aromatic rings. The maximum Gasteiger partial charge on any atom is 0.240 e. The molecule has 3 N–H and O–H groups in total. The molecular formula is C20H25N3O5S. The number of hydrogen-bond donors (Lipinski definition) is 3. The van der Waals surface area contributed by atoms with E-state index in [1.54, 1.807) is 38.5 Å². The number of carbonyl (C=O) groups is 1. The van der Waals surface area contributed by atoms with Crippen LogP contribution >= 0.6 is 0 Å². The van der Waals surface area contributed by atoms with Crippen LogP contribution in [-0.2, 0) is 21.2 Å². The van der Waals surface area contributed by atoms with Crippen molar-refractivity contribution in [2.75, 3.05) is 19.6 Å². The Morgan fingerprint density at radius 2 is 1.79 bits per heavy atom. The lowest BCUT2D eigenvalue weighted by Gasteiger charge is -2.12. The van der Waals surface area contributed by atoms with Gasteiger partial charge in [0, 0.05) is 12.5 Å². The molecule has 1 amide bonds. The minimum Gasteiger partial charge on any atom is -0.497 e. The fourth-order valence-corrected chi connectivity index (χ4v) is 4.04. The SMILES string of the molecule is COc1ccc(OC)c(CCC(=O)NNc2ccc(S(=O)(=O)NC3CC3)cc2)c1. The van der Waals surface area contributed by atoms with E-state index in [2.05, 4.69) is 15.6 Å². The number of hydrogen-bond acceptors (Lipinski definition) is 6. The normalized spacial score (nSPS) is 13.6. The van der Waals surface area contributed by atoms with Crippen molar-refractivity contribution in [3.05, 3.63) is 48.0 Å². The number of sulfonamides is 1. The molecule has 29 heavy (non-hydrogen) atoms. The van der Waals surface area contributed by atoms with Crippen molar-refractivity contribution in [3.63, 3.8) is 0 Å². The molecule has 0 radical (unpaired) electrons. The van der Waals surface area contributed by atoms with Gasteiger partial charge in [0.1, 0.15) is 11.5 Å². The van der Waals surface area contributed by atoms with Crippen LogP contribution < -0.4 is 25.0 Å². The zero-order chi connectivity index (χ0) is 20.9. The Kier molecular flexibility index (Phi) is 6.60. The molecule has 0 spiro atoms. The smallest absolute Gasteiger partial charge is 0.240 e. The summed E-state index contributed by atoms with van der Waals surface area (Å²) in [5, 5.41) is 0. The number of carbonyl (C=O) groups excluding carboxylic acids is 1. The summed E-state index contributed by atoms with van der Waals surface area (Å²) in [7, 11) is -0.320. The molecular weight excluding hydrogens is 394 g/mol. The summed E-state index contributed by atoms with van der Waals surface area (Å²) in [5.41, 5.74) is 6.86. The van der Waals surface area contributed by atoms with Crippen LogP contribution in [-0.4, -0.2) is 34.6 Å². The van der Waals surface area contributed by atoms with Crippen molar-refractivity contribution in [1.82, 2.24) is 10.1 Å². The van der Waals surface area contributed by atoms with E-state index in [4.69, 9.17) is 9.47 Å². The second-order valence-corrected chi connectivity index (χ2v) is 8.48. The van der Waals surface area contributed by atoms with Gasteiger partial charge >= 0.3 is 0 Å². The molecule has 9 heteroatoms. The first-order valence-electron chi connectivity index (χ1n) is 9.29. The van der Waals surface area contributed by atoms with E-state index in [1.807, 2.05) is 6.07 Å². The van der Waals surface area contributed by atoms with Crippen molar-refractivity contribution in [2.45, 2.75) is 36.6 Å². The largest absolute Gasteiger partial charge is 0.497 e. The molecule has 8 nitrogen and oxygen atoms in total. The standard InChI is InChI=1S/C20H25N3O5S/c1-27-17-8-11-19(28-2)14(13-17)3-12-20(24)22-21-15-6-9-18(10-7-15)29(25,26)23-16-4-5-16/h6-11,13,16,21,23H,3-5,12H2,1-2H3,(H,22,24). The van der Waals surface area contributed by atoms with E-state index in [1.165, 1.54) is 12.1 Å². The highest BCUT2D eigenvalue weighted by molar-refractivity contribution is 7.89. The highest BCUT2D eigenvalue weighted by Crippen LogP contribution is 2.25. The van der Waals surface area contributed by atoms with Crippen molar-refractivity contribution in [2.24, 2.45) is 0 Å². The number of hydrazine groups is 1. The van der Waals surface area contributed by atoms with Crippen LogP contribution in [0.25, 0.3) is 0 Å². The molecule has 0 aromatic heterocycles. The quantitative estimate of drug-likeness (QED) is 0.510. The fraction of sp³-hybridized carbons (Fsp3) is 0.350. The van der Waals surface area contributed by atoms with Crippen LogP contribution in [0.15, 0.2) is 47.4 Å². The average Bonchev–Trinajstić information content (AvgIpc) is 3.54. The van der Waals surface area contributed by atoms with Gasteiger partial charge in [-0.3, -0.25) is 15.6 Å². The van der Waals surface area contributed by atoms with E-state index >= 15 is 0 Å². The molecule has 1 aliphatic carbocycles. The lowest BCUT2D eigenvalue weighted by atomic mass is 10.1. The van der Waals surface area contributed by atoms with Gasteiger partial charge < -0.3 is 9.47 Å². The maximum absolute atomic E-state index is 12.2. The van der Waals surface area contributed by atoms with Crippen LogP contribution in [0.1, 0.15) is 24.8 Å². The number of rotatable bonds is 10. The van der Waals surface area contributed by atoms with Gasteiger partial charge in [-0.05, 0) is 67.3 Å². The number of benzene rings is 2. The summed E-state index contributed by atoms with van der Waals surface area (Å²) in [4.78, 5) is 12.3. The van der Waals surface area contributed by atoms with Gasteiger partial charge in [-0.2, -0.15) is 0 Å². The average molecular weight is 420 g/mol. The Labute approximate surface area is 170 Å². The number of amides is 1. The number of ether oxygens (including phenoxy) is 2. The third-order valence-corrected chi connectivity index (χ3v) is 6.06. The summed E-state index contributed by atoms with van der Waals surface area (Å²) in [6.07, 6.45) is 2.49. The van der Waals surface area contributed by atoms with Gasteiger partial charge in [-0.1, -0.05) is 0 Å². The summed E-state index contributed by atoms with van der Waals surface area (Å²) in [6, 6.07) is 11.7. The minimum absolute atomic E-state index is 0.0558. The molecule has 0 bridgehead atoms. The van der Waals surface area contributed by atoms with E-state index in [0.29, 0.717) is 23.6 Å². The maximum atomic E-state index is 12.2. The molecule has 1 aliphatic rings. The third kappa shape index (κ3) is 5.85. The molecule has 0 aliphatic heterocycles. The molecule has 1 fully saturated rings. The number of anilines is 1. The van der Waals surface area contributed by atoms with E-state index in [9.17, 15) is 13.2 Å². The molecule has 2 aromatic carbocycles. The first-order valence-corrected chi connectivity index (χ1v) is 10.8. The van der Waals surface area contributed by atoms with Crippen LogP contribution in [0.3, 0.4) is 0 Å². The summed E-state index contributed by atoms with van der Waals surface area (Å²) < 4.78 is 37.5. The highest BCUT2D eigenvalue weighted by Gasteiger charge is 2.27. The van der Waals surface area contributed by atoms with Gasteiger partial charge in [0.05, 0.1) is 24.8 Å². The van der Waals surface area contributed by atoms with Crippen LogP contribution in [0.5, 0.6) is 11.5 Å². The Morgan fingerprint density at radius 3 is 2.41 bits per heavy atom. The molecule has 156 valence electrons. The van der Waals surface area contributed by atoms with Gasteiger partial charge in [0.25, 0.3) is 0 Å². The van der Waals surface area contributed by atoms with Gasteiger partial charge in [0.15, 0.2) is 0 Å². The summed E-state index contributed by atoms with van der Waals surface area (Å²) in [5.74, 6) is 1.19. The molecule has 0 unspecified atom stereocenters.